The second-order valence-electron chi connectivity index (χ2n) is 4.33. The van der Waals surface area contributed by atoms with Crippen LogP contribution in [-0.4, -0.2) is 20.3 Å². The van der Waals surface area contributed by atoms with Gasteiger partial charge in [0, 0.05) is 0 Å². The van der Waals surface area contributed by atoms with Crippen LogP contribution in [0.4, 0.5) is 0 Å². The molecule has 0 aliphatic heterocycles. The Kier molecular flexibility index (Phi) is 3.10. The first-order chi connectivity index (χ1) is 8.09. The fourth-order valence-corrected chi connectivity index (χ4v) is 1.52. The van der Waals surface area contributed by atoms with E-state index in [1.54, 1.807) is 18.2 Å². The van der Waals surface area contributed by atoms with Crippen LogP contribution in [0.25, 0.3) is 11.4 Å². The van der Waals surface area contributed by atoms with Crippen molar-refractivity contribution in [2.24, 2.45) is 11.7 Å². The lowest BCUT2D eigenvalue weighted by atomic mass is 10.1. The fraction of sp³-hybridized carbons (Fsp3) is 0.333. The molecule has 0 aliphatic rings. The highest BCUT2D eigenvalue weighted by Gasteiger charge is 2.16. The summed E-state index contributed by atoms with van der Waals surface area (Å²) in [5, 5.41) is 16.6. The Morgan fingerprint density at radius 2 is 2.00 bits per heavy atom. The summed E-state index contributed by atoms with van der Waals surface area (Å²) < 4.78 is 0. The van der Waals surface area contributed by atoms with E-state index in [4.69, 9.17) is 5.73 Å². The van der Waals surface area contributed by atoms with E-state index in [1.165, 1.54) is 0 Å². The summed E-state index contributed by atoms with van der Waals surface area (Å²) >= 11 is 0. The first kappa shape index (κ1) is 11.6. The van der Waals surface area contributed by atoms with Crippen molar-refractivity contribution in [1.29, 1.82) is 0 Å². The molecule has 1 aromatic heterocycles. The van der Waals surface area contributed by atoms with Gasteiger partial charge in [0.1, 0.15) is 11.6 Å². The van der Waals surface area contributed by atoms with Gasteiger partial charge in [-0.3, -0.25) is 5.10 Å². The molecule has 5 heteroatoms. The van der Waals surface area contributed by atoms with Gasteiger partial charge < -0.3 is 10.8 Å². The molecule has 90 valence electrons. The van der Waals surface area contributed by atoms with Gasteiger partial charge in [-0.2, -0.15) is 5.10 Å². The molecule has 1 atom stereocenters. The van der Waals surface area contributed by atoms with Gasteiger partial charge in [0.05, 0.1) is 11.6 Å². The van der Waals surface area contributed by atoms with Crippen LogP contribution in [0.15, 0.2) is 24.3 Å². The van der Waals surface area contributed by atoms with Gasteiger partial charge in [0.2, 0.25) is 0 Å². The summed E-state index contributed by atoms with van der Waals surface area (Å²) in [5.41, 5.74) is 6.57. The van der Waals surface area contributed by atoms with Crippen molar-refractivity contribution in [2.45, 2.75) is 19.9 Å². The van der Waals surface area contributed by atoms with Gasteiger partial charge in [-0.25, -0.2) is 4.98 Å². The van der Waals surface area contributed by atoms with Crippen LogP contribution in [0.3, 0.4) is 0 Å². The van der Waals surface area contributed by atoms with Gasteiger partial charge in [-0.05, 0) is 18.1 Å². The molecular formula is C12H16N4O. The summed E-state index contributed by atoms with van der Waals surface area (Å²) in [6.07, 6.45) is 0. The van der Waals surface area contributed by atoms with Crippen molar-refractivity contribution < 1.29 is 5.11 Å². The van der Waals surface area contributed by atoms with Crippen molar-refractivity contribution in [3.63, 3.8) is 0 Å². The molecule has 0 saturated carbocycles. The Bertz CT molecular complexity index is 507. The molecule has 2 aromatic rings. The summed E-state index contributed by atoms with van der Waals surface area (Å²) in [6.45, 7) is 4.04. The van der Waals surface area contributed by atoms with Crippen molar-refractivity contribution >= 4 is 0 Å². The molecule has 0 bridgehead atoms. The van der Waals surface area contributed by atoms with Crippen LogP contribution in [0.2, 0.25) is 0 Å². The second kappa shape index (κ2) is 4.55. The Hall–Kier alpha value is -1.88. The fourth-order valence-electron chi connectivity index (χ4n) is 1.52. The van der Waals surface area contributed by atoms with Gasteiger partial charge in [-0.1, -0.05) is 26.0 Å². The smallest absolute Gasteiger partial charge is 0.184 e. The zero-order valence-electron chi connectivity index (χ0n) is 9.88. The van der Waals surface area contributed by atoms with E-state index in [2.05, 4.69) is 15.2 Å². The third-order valence-electron chi connectivity index (χ3n) is 2.68. The first-order valence-electron chi connectivity index (χ1n) is 5.56. The molecule has 1 aromatic carbocycles. The molecule has 0 aliphatic carbocycles. The number of phenols is 1. The van der Waals surface area contributed by atoms with E-state index in [9.17, 15) is 5.11 Å². The number of para-hydroxylation sites is 1. The zero-order valence-corrected chi connectivity index (χ0v) is 9.88. The predicted octanol–water partition coefficient (Wildman–Crippen LogP) is 1.83. The lowest BCUT2D eigenvalue weighted by molar-refractivity contribution is 0.477. The summed E-state index contributed by atoms with van der Waals surface area (Å²) in [6, 6.07) is 6.78. The van der Waals surface area contributed by atoms with E-state index < -0.39 is 0 Å². The Morgan fingerprint density at radius 3 is 2.65 bits per heavy atom. The van der Waals surface area contributed by atoms with E-state index in [-0.39, 0.29) is 17.7 Å². The van der Waals surface area contributed by atoms with Crippen LogP contribution >= 0.6 is 0 Å². The lowest BCUT2D eigenvalue weighted by Crippen LogP contribution is -2.18. The zero-order chi connectivity index (χ0) is 12.4. The molecule has 0 amide bonds. The number of benzene rings is 1. The molecule has 0 radical (unpaired) electrons. The van der Waals surface area contributed by atoms with Gasteiger partial charge >= 0.3 is 0 Å². The number of rotatable bonds is 3. The minimum absolute atomic E-state index is 0.163. The molecule has 5 nitrogen and oxygen atoms in total. The van der Waals surface area contributed by atoms with Crippen LogP contribution in [0.5, 0.6) is 5.75 Å². The number of aromatic hydroxyl groups is 1. The van der Waals surface area contributed by atoms with Gasteiger partial charge in [-0.15, -0.1) is 0 Å². The molecule has 0 fully saturated rings. The number of aromatic nitrogens is 3. The molecular weight excluding hydrogens is 216 g/mol. The van der Waals surface area contributed by atoms with Crippen LogP contribution in [0, 0.1) is 5.92 Å². The number of H-pyrrole nitrogens is 1. The Labute approximate surface area is 99.7 Å². The quantitative estimate of drug-likeness (QED) is 0.753. The summed E-state index contributed by atoms with van der Waals surface area (Å²) in [5.74, 6) is 1.55. The number of hydrogen-bond donors (Lipinski definition) is 3. The number of aromatic amines is 1. The van der Waals surface area contributed by atoms with Crippen molar-refractivity contribution in [3.8, 4) is 17.1 Å². The van der Waals surface area contributed by atoms with Crippen LogP contribution in [0.1, 0.15) is 25.7 Å². The maximum atomic E-state index is 9.70. The second-order valence-corrected chi connectivity index (χ2v) is 4.33. The number of nitrogens with zero attached hydrogens (tertiary/aromatic N) is 2. The van der Waals surface area contributed by atoms with Crippen molar-refractivity contribution in [3.05, 3.63) is 30.1 Å². The predicted molar refractivity (Wildman–Crippen MR) is 65.2 cm³/mol. The van der Waals surface area contributed by atoms with Crippen molar-refractivity contribution in [2.75, 3.05) is 0 Å². The van der Waals surface area contributed by atoms with E-state index >= 15 is 0 Å². The molecule has 17 heavy (non-hydrogen) atoms. The molecule has 0 saturated heterocycles. The number of nitrogens with two attached hydrogens (primary N) is 1. The largest absolute Gasteiger partial charge is 0.507 e. The molecule has 4 N–H and O–H groups in total. The average molecular weight is 232 g/mol. The Balaban J connectivity index is 2.34. The van der Waals surface area contributed by atoms with Crippen LogP contribution < -0.4 is 5.73 Å². The maximum Gasteiger partial charge on any atom is 0.184 e. The third kappa shape index (κ3) is 2.29. The standard InChI is InChI=1S/C12H16N4O/c1-7(2)10(13)12-14-11(15-16-12)8-5-3-4-6-9(8)17/h3-7,10,17H,13H2,1-2H3,(H,14,15,16). The summed E-state index contributed by atoms with van der Waals surface area (Å²) in [4.78, 5) is 4.31. The number of nitrogens with one attached hydrogen (secondary N) is 1. The van der Waals surface area contributed by atoms with Crippen LogP contribution in [-0.2, 0) is 0 Å². The molecule has 1 heterocycles. The van der Waals surface area contributed by atoms with Crippen molar-refractivity contribution in [1.82, 2.24) is 15.2 Å². The molecule has 1 unspecified atom stereocenters. The summed E-state index contributed by atoms with van der Waals surface area (Å²) in [7, 11) is 0. The number of phenolic OH excluding ortho intramolecular Hbond substituents is 1. The highest BCUT2D eigenvalue weighted by Crippen LogP contribution is 2.26. The monoisotopic (exact) mass is 232 g/mol. The lowest BCUT2D eigenvalue weighted by Gasteiger charge is -2.11. The topological polar surface area (TPSA) is 87.8 Å². The average Bonchev–Trinajstić information content (AvgIpc) is 2.77. The third-order valence-corrected chi connectivity index (χ3v) is 2.68. The van der Waals surface area contributed by atoms with E-state index in [1.807, 2.05) is 19.9 Å². The highest BCUT2D eigenvalue weighted by atomic mass is 16.3. The minimum Gasteiger partial charge on any atom is -0.507 e. The normalized spacial score (nSPS) is 12.9. The molecule has 2 rings (SSSR count). The molecule has 0 spiro atoms. The Morgan fingerprint density at radius 1 is 1.29 bits per heavy atom. The van der Waals surface area contributed by atoms with Gasteiger partial charge in [0.25, 0.3) is 0 Å². The number of hydrogen-bond acceptors (Lipinski definition) is 4. The van der Waals surface area contributed by atoms with Gasteiger partial charge in [0.15, 0.2) is 5.82 Å². The minimum atomic E-state index is -0.179. The van der Waals surface area contributed by atoms with E-state index in [0.29, 0.717) is 17.2 Å². The highest BCUT2D eigenvalue weighted by molar-refractivity contribution is 5.62. The SMILES string of the molecule is CC(C)C(N)c1nc(-c2ccccc2O)n[nH]1. The first-order valence-corrected chi connectivity index (χ1v) is 5.56. The maximum absolute atomic E-state index is 9.70. The van der Waals surface area contributed by atoms with E-state index in [0.717, 1.165) is 0 Å².